The zero-order valence-electron chi connectivity index (χ0n) is 11.1. The number of benzene rings is 2. The third-order valence-corrected chi connectivity index (χ3v) is 3.19. The van der Waals surface area contributed by atoms with Crippen LogP contribution < -0.4 is 4.74 Å². The molecule has 0 unspecified atom stereocenters. The molecule has 0 amide bonds. The van der Waals surface area contributed by atoms with Crippen molar-refractivity contribution in [1.29, 1.82) is 0 Å². The maximum absolute atomic E-state index is 5.83. The lowest BCUT2D eigenvalue weighted by molar-refractivity contribution is 0.306. The predicted octanol–water partition coefficient (Wildman–Crippen LogP) is 4.39. The molecule has 94 valence electrons. The van der Waals surface area contributed by atoms with Crippen molar-refractivity contribution >= 4 is 0 Å². The van der Waals surface area contributed by atoms with Gasteiger partial charge in [-0.15, -0.1) is 0 Å². The average molecular weight is 240 g/mol. The Hall–Kier alpha value is -1.76. The third kappa shape index (κ3) is 3.13. The highest BCUT2D eigenvalue weighted by Gasteiger charge is 2.02. The molecule has 2 aromatic carbocycles. The van der Waals surface area contributed by atoms with E-state index in [4.69, 9.17) is 4.74 Å². The monoisotopic (exact) mass is 240 g/mol. The van der Waals surface area contributed by atoms with Gasteiger partial charge < -0.3 is 4.74 Å². The fourth-order valence-corrected chi connectivity index (χ4v) is 2.11. The SMILES string of the molecule is CCc1ccc(OCc2ccccc2)cc1CC. The van der Waals surface area contributed by atoms with Crippen LogP contribution in [0.2, 0.25) is 0 Å². The van der Waals surface area contributed by atoms with E-state index < -0.39 is 0 Å². The molecule has 0 aliphatic heterocycles. The van der Waals surface area contributed by atoms with Gasteiger partial charge in [-0.1, -0.05) is 50.2 Å². The van der Waals surface area contributed by atoms with Gasteiger partial charge in [-0.05, 0) is 41.7 Å². The van der Waals surface area contributed by atoms with Gasteiger partial charge in [-0.25, -0.2) is 0 Å². The number of hydrogen-bond acceptors (Lipinski definition) is 1. The van der Waals surface area contributed by atoms with E-state index in [0.29, 0.717) is 6.61 Å². The predicted molar refractivity (Wildman–Crippen MR) is 76.0 cm³/mol. The van der Waals surface area contributed by atoms with Gasteiger partial charge in [0.15, 0.2) is 0 Å². The summed E-state index contributed by atoms with van der Waals surface area (Å²) in [5.74, 6) is 0.966. The Labute approximate surface area is 109 Å². The van der Waals surface area contributed by atoms with Crippen molar-refractivity contribution in [3.05, 3.63) is 65.2 Å². The first-order valence-electron chi connectivity index (χ1n) is 6.62. The Morgan fingerprint density at radius 1 is 0.833 bits per heavy atom. The highest BCUT2D eigenvalue weighted by molar-refractivity contribution is 5.36. The standard InChI is InChI=1S/C17H20O/c1-3-15-10-11-17(12-16(15)4-2)18-13-14-8-6-5-7-9-14/h5-12H,3-4,13H2,1-2H3. The first-order valence-corrected chi connectivity index (χ1v) is 6.62. The van der Waals surface area contributed by atoms with Crippen LogP contribution in [0.1, 0.15) is 30.5 Å². The molecule has 1 nitrogen and oxygen atoms in total. The molecule has 0 saturated carbocycles. The van der Waals surface area contributed by atoms with Crippen LogP contribution in [0.25, 0.3) is 0 Å². The van der Waals surface area contributed by atoms with Crippen molar-refractivity contribution < 1.29 is 4.74 Å². The van der Waals surface area contributed by atoms with Crippen LogP contribution in [0.5, 0.6) is 5.75 Å². The molecule has 18 heavy (non-hydrogen) atoms. The second-order valence-electron chi connectivity index (χ2n) is 4.41. The van der Waals surface area contributed by atoms with E-state index in [9.17, 15) is 0 Å². The molecule has 0 radical (unpaired) electrons. The smallest absolute Gasteiger partial charge is 0.120 e. The fraction of sp³-hybridized carbons (Fsp3) is 0.294. The molecule has 0 atom stereocenters. The first kappa shape index (κ1) is 12.7. The number of hydrogen-bond donors (Lipinski definition) is 0. The molecule has 2 aromatic rings. The van der Waals surface area contributed by atoms with E-state index in [1.165, 1.54) is 16.7 Å². The first-order chi connectivity index (χ1) is 8.83. The Kier molecular flexibility index (Phi) is 4.40. The van der Waals surface area contributed by atoms with Gasteiger partial charge in [0.1, 0.15) is 12.4 Å². The van der Waals surface area contributed by atoms with Gasteiger partial charge >= 0.3 is 0 Å². The van der Waals surface area contributed by atoms with Gasteiger partial charge in [0.25, 0.3) is 0 Å². The molecule has 0 heterocycles. The fourth-order valence-electron chi connectivity index (χ4n) is 2.11. The quantitative estimate of drug-likeness (QED) is 0.753. The summed E-state index contributed by atoms with van der Waals surface area (Å²) in [5, 5.41) is 0. The van der Waals surface area contributed by atoms with Gasteiger partial charge in [-0.3, -0.25) is 0 Å². The summed E-state index contributed by atoms with van der Waals surface area (Å²) in [4.78, 5) is 0. The summed E-state index contributed by atoms with van der Waals surface area (Å²) < 4.78 is 5.83. The summed E-state index contributed by atoms with van der Waals surface area (Å²) in [7, 11) is 0. The average Bonchev–Trinajstić information content (AvgIpc) is 2.45. The molecule has 0 spiro atoms. The number of rotatable bonds is 5. The van der Waals surface area contributed by atoms with Crippen molar-refractivity contribution in [2.24, 2.45) is 0 Å². The van der Waals surface area contributed by atoms with E-state index in [1.54, 1.807) is 0 Å². The molecule has 0 aliphatic carbocycles. The third-order valence-electron chi connectivity index (χ3n) is 3.19. The zero-order chi connectivity index (χ0) is 12.8. The maximum atomic E-state index is 5.83. The summed E-state index contributed by atoms with van der Waals surface area (Å²) in [6.07, 6.45) is 2.15. The van der Waals surface area contributed by atoms with Crippen LogP contribution >= 0.6 is 0 Å². The molecule has 0 bridgehead atoms. The van der Waals surface area contributed by atoms with E-state index in [0.717, 1.165) is 18.6 Å². The molecule has 0 N–H and O–H groups in total. The van der Waals surface area contributed by atoms with Crippen molar-refractivity contribution in [3.8, 4) is 5.75 Å². The molecule has 0 aromatic heterocycles. The summed E-state index contributed by atoms with van der Waals surface area (Å²) in [6.45, 7) is 5.02. The number of ether oxygens (including phenoxy) is 1. The summed E-state index contributed by atoms with van der Waals surface area (Å²) >= 11 is 0. The minimum Gasteiger partial charge on any atom is -0.489 e. The van der Waals surface area contributed by atoms with Crippen molar-refractivity contribution in [2.45, 2.75) is 33.3 Å². The van der Waals surface area contributed by atoms with E-state index in [2.05, 4.69) is 44.2 Å². The largest absolute Gasteiger partial charge is 0.489 e. The van der Waals surface area contributed by atoms with Crippen LogP contribution in [-0.4, -0.2) is 0 Å². The molecule has 0 fully saturated rings. The second-order valence-corrected chi connectivity index (χ2v) is 4.41. The highest BCUT2D eigenvalue weighted by Crippen LogP contribution is 2.20. The van der Waals surface area contributed by atoms with Gasteiger partial charge in [0.05, 0.1) is 0 Å². The van der Waals surface area contributed by atoms with Crippen LogP contribution in [0, 0.1) is 0 Å². The highest BCUT2D eigenvalue weighted by atomic mass is 16.5. The molecular weight excluding hydrogens is 220 g/mol. The molecule has 0 saturated heterocycles. The molecule has 2 rings (SSSR count). The molecular formula is C17H20O. The van der Waals surface area contributed by atoms with Crippen LogP contribution in [0.15, 0.2) is 48.5 Å². The van der Waals surface area contributed by atoms with Crippen LogP contribution in [0.3, 0.4) is 0 Å². The summed E-state index contributed by atoms with van der Waals surface area (Å²) in [5.41, 5.74) is 4.02. The van der Waals surface area contributed by atoms with Gasteiger partial charge in [0, 0.05) is 0 Å². The Bertz CT molecular complexity index is 488. The normalized spacial score (nSPS) is 10.3. The van der Waals surface area contributed by atoms with Gasteiger partial charge in [0.2, 0.25) is 0 Å². The Morgan fingerprint density at radius 3 is 2.22 bits per heavy atom. The van der Waals surface area contributed by atoms with Crippen molar-refractivity contribution in [2.75, 3.05) is 0 Å². The number of aryl methyl sites for hydroxylation is 2. The van der Waals surface area contributed by atoms with E-state index >= 15 is 0 Å². The minimum atomic E-state index is 0.634. The molecule has 0 aliphatic rings. The van der Waals surface area contributed by atoms with Gasteiger partial charge in [-0.2, -0.15) is 0 Å². The second kappa shape index (κ2) is 6.25. The lowest BCUT2D eigenvalue weighted by Crippen LogP contribution is -1.97. The van der Waals surface area contributed by atoms with Crippen LogP contribution in [0.4, 0.5) is 0 Å². The lowest BCUT2D eigenvalue weighted by Gasteiger charge is -2.10. The van der Waals surface area contributed by atoms with Crippen molar-refractivity contribution in [1.82, 2.24) is 0 Å². The topological polar surface area (TPSA) is 9.23 Å². The molecule has 1 heteroatoms. The maximum Gasteiger partial charge on any atom is 0.120 e. The zero-order valence-corrected chi connectivity index (χ0v) is 11.1. The minimum absolute atomic E-state index is 0.634. The van der Waals surface area contributed by atoms with E-state index in [1.807, 2.05) is 18.2 Å². The Balaban J connectivity index is 2.06. The Morgan fingerprint density at radius 2 is 1.56 bits per heavy atom. The van der Waals surface area contributed by atoms with Crippen LogP contribution in [-0.2, 0) is 19.4 Å². The lowest BCUT2D eigenvalue weighted by atomic mass is 10.0. The summed E-state index contributed by atoms with van der Waals surface area (Å²) in [6, 6.07) is 16.7. The van der Waals surface area contributed by atoms with Crippen molar-refractivity contribution in [3.63, 3.8) is 0 Å². The van der Waals surface area contributed by atoms with E-state index in [-0.39, 0.29) is 0 Å².